The second-order valence-corrected chi connectivity index (χ2v) is 13.6. The summed E-state index contributed by atoms with van der Waals surface area (Å²) in [5, 5.41) is 10.6. The van der Waals surface area contributed by atoms with Crippen molar-refractivity contribution in [1.29, 1.82) is 0 Å². The lowest BCUT2D eigenvalue weighted by Crippen LogP contribution is -2.58. The fourth-order valence-electron chi connectivity index (χ4n) is 8.26. The Morgan fingerprint density at radius 3 is 1.60 bits per heavy atom. The lowest BCUT2D eigenvalue weighted by Gasteiger charge is -2.53. The summed E-state index contributed by atoms with van der Waals surface area (Å²) in [6.07, 6.45) is -11.6. The third-order valence-corrected chi connectivity index (χ3v) is 10.5. The van der Waals surface area contributed by atoms with E-state index < -0.39 is 53.7 Å². The summed E-state index contributed by atoms with van der Waals surface area (Å²) in [5.41, 5.74) is -4.09. The van der Waals surface area contributed by atoms with Crippen molar-refractivity contribution in [3.63, 3.8) is 0 Å². The second-order valence-electron chi connectivity index (χ2n) is 13.6. The minimum atomic E-state index is -4.51. The quantitative estimate of drug-likeness (QED) is 0.245. The van der Waals surface area contributed by atoms with E-state index in [1.807, 2.05) is 0 Å². The van der Waals surface area contributed by atoms with Crippen molar-refractivity contribution in [2.24, 2.45) is 22.7 Å². The van der Waals surface area contributed by atoms with Crippen LogP contribution in [0, 0.1) is 22.7 Å². The van der Waals surface area contributed by atoms with Gasteiger partial charge in [0.15, 0.2) is 0 Å². The molecular weight excluding hydrogens is 574 g/mol. The first kappa shape index (κ1) is 31.3. The highest BCUT2D eigenvalue weighted by molar-refractivity contribution is 5.05. The van der Waals surface area contributed by atoms with Gasteiger partial charge in [-0.25, -0.2) is 0 Å². The van der Waals surface area contributed by atoms with Crippen molar-refractivity contribution in [2.45, 2.75) is 119 Å². The van der Waals surface area contributed by atoms with Crippen molar-refractivity contribution >= 4 is 0 Å². The molecule has 0 radical (unpaired) electrons. The molecule has 2 heterocycles. The van der Waals surface area contributed by atoms with Crippen LogP contribution in [0.3, 0.4) is 0 Å². The number of halogens is 6. The van der Waals surface area contributed by atoms with E-state index in [1.54, 1.807) is 0 Å². The normalized spacial score (nSPS) is 44.1. The molecule has 6 rings (SSSR count). The van der Waals surface area contributed by atoms with E-state index in [0.717, 1.165) is 0 Å². The average Bonchev–Trinajstić information content (AvgIpc) is 3.84. The van der Waals surface area contributed by atoms with E-state index >= 15 is 0 Å². The molecule has 2 saturated heterocycles. The molecule has 11 unspecified atom stereocenters. The molecule has 0 aromatic heterocycles. The smallest absolute Gasteiger partial charge is 0.388 e. The highest BCUT2D eigenvalue weighted by atomic mass is 19.4. The highest BCUT2D eigenvalue weighted by Gasteiger charge is 2.66. The SMILES string of the molecule is OC(COC1CC2CCC(OCC3CO3)C(C(F)(F)F)(C2)C1)COC1CCC2CC(OCC3CO3)CC1(C(F)(F)F)C2. The van der Waals surface area contributed by atoms with Crippen LogP contribution < -0.4 is 0 Å². The summed E-state index contributed by atoms with van der Waals surface area (Å²) < 4.78 is 121. The van der Waals surface area contributed by atoms with Gasteiger partial charge in [0.25, 0.3) is 0 Å². The third kappa shape index (κ3) is 6.62. The van der Waals surface area contributed by atoms with Crippen LogP contribution >= 0.6 is 0 Å². The number of fused-ring (bicyclic) bond motifs is 4. The Morgan fingerprint density at radius 1 is 0.643 bits per heavy atom. The zero-order valence-electron chi connectivity index (χ0n) is 23.7. The van der Waals surface area contributed by atoms with Gasteiger partial charge in [-0.2, -0.15) is 26.3 Å². The van der Waals surface area contributed by atoms with Crippen molar-refractivity contribution in [3.05, 3.63) is 0 Å². The van der Waals surface area contributed by atoms with Gasteiger partial charge in [-0.1, -0.05) is 0 Å². The maximum absolute atomic E-state index is 14.6. The zero-order valence-corrected chi connectivity index (χ0v) is 23.7. The van der Waals surface area contributed by atoms with Crippen LogP contribution in [0.4, 0.5) is 26.3 Å². The standard InChI is InChI=1S/C29H42F6O7/c30-28(31,32)26-7-18(6-21(10-26)38-13-22-14-39-22)1-3-24(26)41-12-19(36)11-37-20-5-17-2-4-25(42-16-23-15-40-23)27(8-17,9-20)29(33,34)35/h17-25,36H,1-16H2. The van der Waals surface area contributed by atoms with Crippen LogP contribution in [-0.2, 0) is 28.4 Å². The topological polar surface area (TPSA) is 82.2 Å². The Hall–Kier alpha value is -0.700. The van der Waals surface area contributed by atoms with Crippen LogP contribution in [0.15, 0.2) is 0 Å². The lowest BCUT2D eigenvalue weighted by atomic mass is 9.59. The van der Waals surface area contributed by atoms with E-state index in [2.05, 4.69) is 0 Å². The summed E-state index contributed by atoms with van der Waals surface area (Å²) >= 11 is 0. The number of epoxide rings is 2. The number of alkyl halides is 6. The minimum Gasteiger partial charge on any atom is -0.388 e. The maximum Gasteiger partial charge on any atom is 0.397 e. The van der Waals surface area contributed by atoms with Crippen LogP contribution in [0.1, 0.15) is 64.2 Å². The average molecular weight is 617 g/mol. The van der Waals surface area contributed by atoms with Gasteiger partial charge in [-0.15, -0.1) is 0 Å². The molecule has 4 aliphatic carbocycles. The first-order valence-corrected chi connectivity index (χ1v) is 15.4. The minimum absolute atomic E-state index is 0.0151. The van der Waals surface area contributed by atoms with Gasteiger partial charge in [-0.3, -0.25) is 0 Å². The zero-order chi connectivity index (χ0) is 29.8. The van der Waals surface area contributed by atoms with E-state index in [0.29, 0.717) is 45.3 Å². The molecule has 42 heavy (non-hydrogen) atoms. The summed E-state index contributed by atoms with van der Waals surface area (Å²) in [7, 11) is 0. The number of rotatable bonds is 12. The number of ether oxygens (including phenoxy) is 6. The molecule has 0 amide bonds. The first-order chi connectivity index (χ1) is 19.9. The predicted molar refractivity (Wildman–Crippen MR) is 135 cm³/mol. The molecule has 13 heteroatoms. The van der Waals surface area contributed by atoms with E-state index in [4.69, 9.17) is 28.4 Å². The van der Waals surface area contributed by atoms with Crippen LogP contribution in [0.5, 0.6) is 0 Å². The molecule has 0 aromatic carbocycles. The Bertz CT molecular complexity index is 927. The van der Waals surface area contributed by atoms with Gasteiger partial charge < -0.3 is 33.5 Å². The van der Waals surface area contributed by atoms with Gasteiger partial charge in [0.1, 0.15) is 18.3 Å². The Morgan fingerprint density at radius 2 is 1.10 bits per heavy atom. The molecule has 2 aliphatic heterocycles. The number of hydrogen-bond donors (Lipinski definition) is 1. The molecule has 1 N–H and O–H groups in total. The van der Waals surface area contributed by atoms with Gasteiger partial charge >= 0.3 is 12.4 Å². The van der Waals surface area contributed by atoms with Crippen LogP contribution in [0.25, 0.3) is 0 Å². The fraction of sp³-hybridized carbons (Fsp3) is 1.00. The molecule has 6 aliphatic rings. The molecule has 11 atom stereocenters. The second kappa shape index (κ2) is 11.9. The molecule has 7 nitrogen and oxygen atoms in total. The number of aliphatic hydroxyl groups excluding tert-OH is 1. The lowest BCUT2D eigenvalue weighted by molar-refractivity contribution is -0.303. The van der Waals surface area contributed by atoms with Gasteiger partial charge in [-0.05, 0) is 76.0 Å². The summed E-state index contributed by atoms with van der Waals surface area (Å²) in [4.78, 5) is 0. The van der Waals surface area contributed by atoms with Gasteiger partial charge in [0.2, 0.25) is 0 Å². The molecule has 4 bridgehead atoms. The molecule has 0 aromatic rings. The van der Waals surface area contributed by atoms with Gasteiger partial charge in [0, 0.05) is 0 Å². The van der Waals surface area contributed by atoms with Crippen molar-refractivity contribution in [2.75, 3.05) is 39.6 Å². The highest BCUT2D eigenvalue weighted by Crippen LogP contribution is 2.60. The monoisotopic (exact) mass is 616 g/mol. The number of hydrogen-bond acceptors (Lipinski definition) is 7. The Balaban J connectivity index is 1.04. The van der Waals surface area contributed by atoms with E-state index in [-0.39, 0.29) is 82.6 Å². The first-order valence-electron chi connectivity index (χ1n) is 15.4. The maximum atomic E-state index is 14.6. The third-order valence-electron chi connectivity index (χ3n) is 10.5. The summed E-state index contributed by atoms with van der Waals surface area (Å²) in [5.74, 6) is -0.291. The van der Waals surface area contributed by atoms with Gasteiger partial charge in [0.05, 0.1) is 74.9 Å². The molecule has 0 spiro atoms. The fourth-order valence-corrected chi connectivity index (χ4v) is 8.26. The Labute approximate surface area is 241 Å². The summed E-state index contributed by atoms with van der Waals surface area (Å²) in [6.45, 7) is 0.783. The largest absolute Gasteiger partial charge is 0.397 e. The van der Waals surface area contributed by atoms with Crippen LogP contribution in [0.2, 0.25) is 0 Å². The number of aliphatic hydroxyl groups is 1. The van der Waals surface area contributed by atoms with E-state index in [9.17, 15) is 31.4 Å². The van der Waals surface area contributed by atoms with Crippen molar-refractivity contribution in [1.82, 2.24) is 0 Å². The van der Waals surface area contributed by atoms with Crippen LogP contribution in [-0.4, -0.2) is 99.8 Å². The Kier molecular flexibility index (Phi) is 8.87. The van der Waals surface area contributed by atoms with E-state index in [1.165, 1.54) is 0 Å². The van der Waals surface area contributed by atoms with Crippen molar-refractivity contribution < 1.29 is 59.9 Å². The molecular formula is C29H42F6O7. The summed E-state index contributed by atoms with van der Waals surface area (Å²) in [6, 6.07) is 0. The predicted octanol–water partition coefficient (Wildman–Crippen LogP) is 4.97. The van der Waals surface area contributed by atoms with Crippen molar-refractivity contribution in [3.8, 4) is 0 Å². The molecule has 242 valence electrons. The molecule has 6 fully saturated rings. The molecule has 4 saturated carbocycles.